The van der Waals surface area contributed by atoms with Gasteiger partial charge in [0.1, 0.15) is 24.2 Å². The molecule has 1 saturated heterocycles. The third-order valence-electron chi connectivity index (χ3n) is 3.22. The predicted octanol–water partition coefficient (Wildman–Crippen LogP) is 1.94. The van der Waals surface area contributed by atoms with Crippen molar-refractivity contribution < 1.29 is 20.1 Å². The lowest BCUT2D eigenvalue weighted by molar-refractivity contribution is -0.0956. The lowest BCUT2D eigenvalue weighted by Crippen LogP contribution is -2.52. The quantitative estimate of drug-likeness (QED) is 0.874. The molecule has 0 amide bonds. The summed E-state index contributed by atoms with van der Waals surface area (Å²) in [7, 11) is 0. The van der Waals surface area contributed by atoms with E-state index in [0.29, 0.717) is 11.3 Å². The number of hydrogen-bond donors (Lipinski definition) is 1. The van der Waals surface area contributed by atoms with Gasteiger partial charge in [0.25, 0.3) is 0 Å². The van der Waals surface area contributed by atoms with Crippen LogP contribution in [0.3, 0.4) is 0 Å². The fourth-order valence-electron chi connectivity index (χ4n) is 2.43. The Morgan fingerprint density at radius 2 is 2.50 bits per heavy atom. The second kappa shape index (κ2) is 4.78. The normalized spacial score (nSPS) is 34.1. The number of phenolic OH excluding ortho intramolecular Hbond substituents is 1. The van der Waals surface area contributed by atoms with E-state index >= 15 is 0 Å². The highest BCUT2D eigenvalue weighted by atomic mass is 16.5. The van der Waals surface area contributed by atoms with Crippen molar-refractivity contribution >= 4 is 0 Å². The van der Waals surface area contributed by atoms with Gasteiger partial charge in [-0.1, -0.05) is 6.92 Å². The van der Waals surface area contributed by atoms with E-state index in [-0.39, 0.29) is 25.4 Å². The molecule has 0 bridgehead atoms. The summed E-state index contributed by atoms with van der Waals surface area (Å²) in [6, 6.07) is 4.11. The van der Waals surface area contributed by atoms with E-state index in [4.69, 9.17) is 15.0 Å². The fraction of sp³-hybridized carbons (Fsp3) is 0.571. The average molecular weight is 253 g/mol. The molecule has 1 fully saturated rings. The molecular formula is C14H19NO3. The van der Waals surface area contributed by atoms with E-state index in [1.807, 2.05) is 0 Å². The van der Waals surface area contributed by atoms with Gasteiger partial charge in [-0.05, 0) is 31.1 Å². The number of aromatic hydroxyl groups is 1. The second-order valence-corrected chi connectivity index (χ2v) is 4.37. The summed E-state index contributed by atoms with van der Waals surface area (Å²) >= 11 is 0. The molecule has 4 heteroatoms. The summed E-state index contributed by atoms with van der Waals surface area (Å²) in [5, 5.41) is 9.68. The molecule has 18 heavy (non-hydrogen) atoms. The first-order chi connectivity index (χ1) is 10.3. The van der Waals surface area contributed by atoms with E-state index in [1.165, 1.54) is 17.0 Å². The van der Waals surface area contributed by atoms with Gasteiger partial charge in [-0.2, -0.15) is 0 Å². The van der Waals surface area contributed by atoms with Crippen molar-refractivity contribution in [3.8, 4) is 11.5 Å². The Morgan fingerprint density at radius 1 is 1.61 bits per heavy atom. The van der Waals surface area contributed by atoms with Gasteiger partial charge in [0.2, 0.25) is 0 Å². The van der Waals surface area contributed by atoms with Crippen LogP contribution in [0.1, 0.15) is 30.5 Å². The van der Waals surface area contributed by atoms with Crippen LogP contribution in [0.5, 0.6) is 11.5 Å². The summed E-state index contributed by atoms with van der Waals surface area (Å²) in [6.07, 6.45) is -0.371. The maximum absolute atomic E-state index is 9.68. The first kappa shape index (κ1) is 8.02. The van der Waals surface area contributed by atoms with Crippen LogP contribution in [0, 0.1) is 0 Å². The van der Waals surface area contributed by atoms with Crippen LogP contribution in [0.25, 0.3) is 0 Å². The Kier molecular flexibility index (Phi) is 2.13. The molecular weight excluding hydrogens is 230 g/mol. The van der Waals surface area contributed by atoms with E-state index in [9.17, 15) is 5.11 Å². The molecule has 98 valence electrons. The van der Waals surface area contributed by atoms with Gasteiger partial charge < -0.3 is 14.6 Å². The summed E-state index contributed by atoms with van der Waals surface area (Å²) in [4.78, 5) is 1.22. The summed E-state index contributed by atoms with van der Waals surface area (Å²) < 4.78 is 43.9. The van der Waals surface area contributed by atoms with Crippen LogP contribution in [-0.2, 0) is 4.74 Å². The number of phenols is 1. The molecule has 0 saturated carbocycles. The number of benzene rings is 1. The van der Waals surface area contributed by atoms with Crippen molar-refractivity contribution in [3.63, 3.8) is 0 Å². The summed E-state index contributed by atoms with van der Waals surface area (Å²) in [5.41, 5.74) is 0.628. The summed E-state index contributed by atoms with van der Waals surface area (Å²) in [5.74, 6) is 0.656. The van der Waals surface area contributed by atoms with Gasteiger partial charge >= 0.3 is 0 Å². The van der Waals surface area contributed by atoms with Gasteiger partial charge in [-0.25, -0.2) is 0 Å². The van der Waals surface area contributed by atoms with E-state index in [2.05, 4.69) is 0 Å². The number of nitrogens with zero attached hydrogens (tertiary/aromatic N) is 1. The molecule has 3 rings (SSSR count). The van der Waals surface area contributed by atoms with E-state index in [1.54, 1.807) is 13.0 Å². The van der Waals surface area contributed by atoms with Gasteiger partial charge in [0.05, 0.1) is 12.6 Å². The minimum atomic E-state index is -1.92. The first-order valence-electron chi connectivity index (χ1n) is 8.13. The van der Waals surface area contributed by atoms with Crippen molar-refractivity contribution in [2.45, 2.75) is 25.5 Å². The zero-order valence-corrected chi connectivity index (χ0v) is 10.2. The minimum absolute atomic E-state index is 0.0743. The molecule has 2 aliphatic rings. The first-order valence-corrected chi connectivity index (χ1v) is 6.13. The van der Waals surface area contributed by atoms with Crippen molar-refractivity contribution in [1.82, 2.24) is 4.90 Å². The van der Waals surface area contributed by atoms with Crippen LogP contribution in [0.15, 0.2) is 18.2 Å². The van der Waals surface area contributed by atoms with Crippen molar-refractivity contribution in [2.24, 2.45) is 0 Å². The number of ether oxygens (including phenoxy) is 2. The molecule has 2 heterocycles. The Morgan fingerprint density at radius 3 is 3.33 bits per heavy atom. The van der Waals surface area contributed by atoms with Gasteiger partial charge in [-0.3, -0.25) is 4.90 Å². The molecule has 1 N–H and O–H groups in total. The van der Waals surface area contributed by atoms with Crippen LogP contribution >= 0.6 is 0 Å². The highest BCUT2D eigenvalue weighted by Gasteiger charge is 2.38. The molecule has 1 aromatic rings. The molecule has 0 aromatic heterocycles. The summed E-state index contributed by atoms with van der Waals surface area (Å²) in [6.45, 7) is -2.14. The van der Waals surface area contributed by atoms with Gasteiger partial charge in [-0.15, -0.1) is 0 Å². The third kappa shape index (κ3) is 1.95. The Balaban J connectivity index is 2.03. The van der Waals surface area contributed by atoms with Crippen molar-refractivity contribution in [3.05, 3.63) is 23.8 Å². The average Bonchev–Trinajstić information content (AvgIpc) is 2.45. The monoisotopic (exact) mass is 253 g/mol. The lowest BCUT2D eigenvalue weighted by Gasteiger charge is -2.44. The maximum atomic E-state index is 9.68. The smallest absolute Gasteiger partial charge is 0.125 e. The third-order valence-corrected chi connectivity index (χ3v) is 3.22. The second-order valence-electron chi connectivity index (χ2n) is 4.37. The highest BCUT2D eigenvalue weighted by Crippen LogP contribution is 2.40. The molecule has 1 aromatic carbocycles. The Bertz CT molecular complexity index is 573. The molecule has 0 radical (unpaired) electrons. The molecule has 0 spiro atoms. The lowest BCUT2D eigenvalue weighted by atomic mass is 9.96. The number of hydrogen-bond acceptors (Lipinski definition) is 4. The van der Waals surface area contributed by atoms with Gasteiger partial charge in [0.15, 0.2) is 0 Å². The Labute approximate surface area is 113 Å². The van der Waals surface area contributed by atoms with Gasteiger partial charge in [0, 0.05) is 17.5 Å². The highest BCUT2D eigenvalue weighted by molar-refractivity contribution is 5.43. The molecule has 2 aliphatic heterocycles. The van der Waals surface area contributed by atoms with E-state index < -0.39 is 25.1 Å². The fourth-order valence-corrected chi connectivity index (χ4v) is 2.43. The number of rotatable bonds is 2. The Hall–Kier alpha value is -1.26. The minimum Gasteiger partial charge on any atom is -0.508 e. The van der Waals surface area contributed by atoms with E-state index in [0.717, 1.165) is 0 Å². The zero-order valence-electron chi connectivity index (χ0n) is 14.2. The molecule has 4 nitrogen and oxygen atoms in total. The van der Waals surface area contributed by atoms with Crippen LogP contribution < -0.4 is 4.74 Å². The van der Waals surface area contributed by atoms with Crippen LogP contribution in [0.4, 0.5) is 0 Å². The molecule has 0 aliphatic carbocycles. The molecule has 2 atom stereocenters. The van der Waals surface area contributed by atoms with Crippen LogP contribution in [-0.4, -0.2) is 42.3 Å². The standard InChI is InChI=1S/C14H19NO3/c1-2-5-15-6-7-17-14-11-8-10(16)3-4-13(11)18-9-12(14)15/h3-4,8,12,14,16H,2,5-7,9H2,1H3/t12-,14-/m0/s1/i5D2,6D2. The predicted molar refractivity (Wildman–Crippen MR) is 67.9 cm³/mol. The molecule has 0 unspecified atom stereocenters. The topological polar surface area (TPSA) is 41.9 Å². The zero-order chi connectivity index (χ0) is 16.1. The SMILES string of the molecule is [2H]C([2H])(CC)N1[C@H]2COc3ccc(O)cc3[C@@H]2OCC1([2H])[2H]. The number of morpholine rings is 1. The van der Waals surface area contributed by atoms with Crippen molar-refractivity contribution in [2.75, 3.05) is 26.2 Å². The van der Waals surface area contributed by atoms with Crippen molar-refractivity contribution in [1.29, 1.82) is 0 Å². The number of fused-ring (bicyclic) bond motifs is 3. The van der Waals surface area contributed by atoms with Crippen LogP contribution in [0.2, 0.25) is 0 Å². The largest absolute Gasteiger partial charge is 0.508 e. The maximum Gasteiger partial charge on any atom is 0.125 e.